The van der Waals surface area contributed by atoms with E-state index >= 15 is 0 Å². The number of amides is 1. The number of nitrogens with zero attached hydrogens (tertiary/aromatic N) is 1. The van der Waals surface area contributed by atoms with Gasteiger partial charge >= 0.3 is 12.1 Å². The minimum atomic E-state index is -2.25. The fraction of sp³-hybridized carbons (Fsp3) is 0.333. The lowest BCUT2D eigenvalue weighted by Gasteiger charge is -2.14. The summed E-state index contributed by atoms with van der Waals surface area (Å²) in [6, 6.07) is 5.54. The largest absolute Gasteiger partial charge is 0.480 e. The molecule has 126 valence electrons. The van der Waals surface area contributed by atoms with Crippen LogP contribution in [0.1, 0.15) is 5.56 Å². The number of nitrogens with one attached hydrogen (secondary N) is 1. The molecule has 0 aromatic heterocycles. The molecule has 2 N–H and O–H groups in total. The maximum atomic E-state index is 11.6. The number of rotatable bonds is 7. The number of carboxylic acids is 1. The molecule has 0 saturated carbocycles. The zero-order valence-electron chi connectivity index (χ0n) is 13.0. The molecule has 1 aromatic rings. The van der Waals surface area contributed by atoms with Crippen LogP contribution in [0.4, 0.5) is 10.5 Å². The van der Waals surface area contributed by atoms with Crippen molar-refractivity contribution in [2.75, 3.05) is 19.1 Å². The predicted molar refractivity (Wildman–Crippen MR) is 88.3 cm³/mol. The third-order valence-electron chi connectivity index (χ3n) is 2.62. The standard InChI is InChI=1S/C15H20N2O5S/c1-4-9-22-15(20)16-13(14(18)19)10-11-5-7-12(8-6-11)17-23(2,3)21/h4-8,13H,1,9-10H2,2-3H3,(H,16,20)(H,18,19). The Morgan fingerprint density at radius 2 is 2.00 bits per heavy atom. The van der Waals surface area contributed by atoms with Crippen molar-refractivity contribution >= 4 is 27.5 Å². The summed E-state index contributed by atoms with van der Waals surface area (Å²) in [7, 11) is -2.25. The van der Waals surface area contributed by atoms with Crippen LogP contribution in [0.5, 0.6) is 0 Å². The first-order valence-corrected chi connectivity index (χ1v) is 9.07. The Labute approximate surface area is 135 Å². The van der Waals surface area contributed by atoms with Crippen molar-refractivity contribution in [2.45, 2.75) is 12.5 Å². The van der Waals surface area contributed by atoms with Crippen molar-refractivity contribution < 1.29 is 23.6 Å². The summed E-state index contributed by atoms with van der Waals surface area (Å²) in [5.41, 5.74) is 1.24. The molecule has 23 heavy (non-hydrogen) atoms. The second-order valence-electron chi connectivity index (χ2n) is 5.07. The molecule has 1 amide bonds. The third kappa shape index (κ3) is 7.46. The third-order valence-corrected chi connectivity index (χ3v) is 3.27. The molecule has 0 radical (unpaired) electrons. The van der Waals surface area contributed by atoms with E-state index in [4.69, 9.17) is 9.84 Å². The van der Waals surface area contributed by atoms with Gasteiger partial charge in [-0.2, -0.15) is 4.36 Å². The first kappa shape index (κ1) is 18.7. The van der Waals surface area contributed by atoms with Crippen molar-refractivity contribution in [3.05, 3.63) is 42.5 Å². The molecule has 0 bridgehead atoms. The topological polar surface area (TPSA) is 105 Å². The number of carbonyl (C=O) groups excluding carboxylic acids is 1. The second kappa shape index (κ2) is 8.33. The average Bonchev–Trinajstić information content (AvgIpc) is 2.44. The van der Waals surface area contributed by atoms with E-state index in [1.165, 1.54) is 18.6 Å². The highest BCUT2D eigenvalue weighted by molar-refractivity contribution is 7.92. The van der Waals surface area contributed by atoms with Gasteiger partial charge in [-0.1, -0.05) is 24.8 Å². The lowest BCUT2D eigenvalue weighted by molar-refractivity contribution is -0.139. The molecule has 0 aliphatic heterocycles. The van der Waals surface area contributed by atoms with Crippen LogP contribution in [0.3, 0.4) is 0 Å². The van der Waals surface area contributed by atoms with E-state index in [2.05, 4.69) is 16.3 Å². The Hall–Kier alpha value is -2.35. The molecule has 8 heteroatoms. The summed E-state index contributed by atoms with van der Waals surface area (Å²) < 4.78 is 20.3. The first-order valence-electron chi connectivity index (χ1n) is 6.74. The number of carboxylic acid groups (broad SMARTS) is 1. The summed E-state index contributed by atoms with van der Waals surface area (Å²) in [6.07, 6.45) is 3.71. The summed E-state index contributed by atoms with van der Waals surface area (Å²) in [5, 5.41) is 11.4. The van der Waals surface area contributed by atoms with Crippen molar-refractivity contribution in [1.29, 1.82) is 0 Å². The number of aliphatic carboxylic acids is 1. The number of hydrogen-bond acceptors (Lipinski definition) is 5. The highest BCUT2D eigenvalue weighted by Gasteiger charge is 2.21. The minimum Gasteiger partial charge on any atom is -0.480 e. The molecule has 7 nitrogen and oxygen atoms in total. The van der Waals surface area contributed by atoms with Crippen molar-refractivity contribution in [3.8, 4) is 0 Å². The van der Waals surface area contributed by atoms with Crippen LogP contribution in [0.2, 0.25) is 0 Å². The SMILES string of the molecule is C=CCOC(=O)NC(Cc1ccc(N=S(C)(C)=O)cc1)C(=O)O. The minimum absolute atomic E-state index is 0.00167. The molecule has 0 aliphatic rings. The van der Waals surface area contributed by atoms with Crippen LogP contribution in [-0.4, -0.2) is 46.5 Å². The molecule has 1 aromatic carbocycles. The van der Waals surface area contributed by atoms with Gasteiger partial charge in [0, 0.05) is 28.7 Å². The Bertz CT molecular complexity index is 682. The molecule has 1 unspecified atom stereocenters. The lowest BCUT2D eigenvalue weighted by atomic mass is 10.1. The van der Waals surface area contributed by atoms with Gasteiger partial charge in [-0.15, -0.1) is 0 Å². The number of hydrogen-bond donors (Lipinski definition) is 2. The van der Waals surface area contributed by atoms with Gasteiger partial charge in [-0.3, -0.25) is 0 Å². The summed E-state index contributed by atoms with van der Waals surface area (Å²) in [6.45, 7) is 3.40. The van der Waals surface area contributed by atoms with Gasteiger partial charge in [-0.25, -0.2) is 13.8 Å². The molecule has 1 atom stereocenters. The van der Waals surface area contributed by atoms with E-state index in [0.717, 1.165) is 0 Å². The molecule has 0 aliphatic carbocycles. The van der Waals surface area contributed by atoms with Gasteiger partial charge in [0.25, 0.3) is 0 Å². The van der Waals surface area contributed by atoms with Crippen LogP contribution in [0, 0.1) is 0 Å². The van der Waals surface area contributed by atoms with Gasteiger partial charge < -0.3 is 15.2 Å². The lowest BCUT2D eigenvalue weighted by Crippen LogP contribution is -2.42. The second-order valence-corrected chi connectivity index (χ2v) is 7.61. The normalized spacial score (nSPS) is 12.1. The summed E-state index contributed by atoms with van der Waals surface area (Å²) in [5.74, 6) is -1.17. The quantitative estimate of drug-likeness (QED) is 0.738. The van der Waals surface area contributed by atoms with Crippen molar-refractivity contribution in [3.63, 3.8) is 0 Å². The van der Waals surface area contributed by atoms with E-state index in [9.17, 15) is 13.8 Å². The molecule has 0 heterocycles. The maximum Gasteiger partial charge on any atom is 0.408 e. The molecule has 0 fully saturated rings. The van der Waals surface area contributed by atoms with Gasteiger partial charge in [0.1, 0.15) is 12.6 Å². The molecule has 0 spiro atoms. The van der Waals surface area contributed by atoms with Crippen LogP contribution >= 0.6 is 0 Å². The Kier molecular flexibility index (Phi) is 6.77. The van der Waals surface area contributed by atoms with Gasteiger partial charge in [0.05, 0.1) is 5.69 Å². The first-order chi connectivity index (χ1) is 10.7. The van der Waals surface area contributed by atoms with Gasteiger partial charge in [0.2, 0.25) is 0 Å². The number of benzene rings is 1. The average molecular weight is 340 g/mol. The fourth-order valence-electron chi connectivity index (χ4n) is 1.70. The Morgan fingerprint density at radius 3 is 2.48 bits per heavy atom. The maximum absolute atomic E-state index is 11.6. The highest BCUT2D eigenvalue weighted by atomic mass is 32.2. The zero-order valence-corrected chi connectivity index (χ0v) is 13.8. The van der Waals surface area contributed by atoms with Crippen LogP contribution in [0.15, 0.2) is 41.3 Å². The Balaban J connectivity index is 2.77. The summed E-state index contributed by atoms with van der Waals surface area (Å²) >= 11 is 0. The van der Waals surface area contributed by atoms with Crippen molar-refractivity contribution in [1.82, 2.24) is 5.32 Å². The van der Waals surface area contributed by atoms with Crippen LogP contribution in [-0.2, 0) is 25.7 Å². The van der Waals surface area contributed by atoms with E-state index in [1.54, 1.807) is 24.3 Å². The molecular formula is C15H20N2O5S. The van der Waals surface area contributed by atoms with E-state index < -0.39 is 27.8 Å². The molecule has 1 rings (SSSR count). The Morgan fingerprint density at radius 1 is 1.39 bits per heavy atom. The predicted octanol–water partition coefficient (Wildman–Crippen LogP) is 1.95. The number of alkyl carbamates (subject to hydrolysis) is 1. The fourth-order valence-corrected chi connectivity index (χ4v) is 2.33. The van der Waals surface area contributed by atoms with Crippen LogP contribution in [0.25, 0.3) is 0 Å². The van der Waals surface area contributed by atoms with E-state index in [1.807, 2.05) is 0 Å². The van der Waals surface area contributed by atoms with E-state index in [-0.39, 0.29) is 13.0 Å². The van der Waals surface area contributed by atoms with Gasteiger partial charge in [0.15, 0.2) is 0 Å². The number of ether oxygens (including phenoxy) is 1. The van der Waals surface area contributed by atoms with Gasteiger partial charge in [-0.05, 0) is 17.7 Å². The molecule has 0 saturated heterocycles. The summed E-state index contributed by atoms with van der Waals surface area (Å²) in [4.78, 5) is 22.6. The smallest absolute Gasteiger partial charge is 0.408 e. The van der Waals surface area contributed by atoms with Crippen LogP contribution < -0.4 is 5.32 Å². The molecular weight excluding hydrogens is 320 g/mol. The van der Waals surface area contributed by atoms with E-state index in [0.29, 0.717) is 11.3 Å². The number of carbonyl (C=O) groups is 2. The monoisotopic (exact) mass is 340 g/mol. The highest BCUT2D eigenvalue weighted by Crippen LogP contribution is 2.16. The van der Waals surface area contributed by atoms with Crippen molar-refractivity contribution in [2.24, 2.45) is 4.36 Å². The zero-order chi connectivity index (χ0) is 17.5.